The fraction of sp³-hybridized carbons (Fsp3) is 0.914. The molecule has 0 radical (unpaired) electrons. The lowest BCUT2D eigenvalue weighted by molar-refractivity contribution is -0.377. The summed E-state index contributed by atoms with van der Waals surface area (Å²) < 4.78 is 50.7. The predicted molar refractivity (Wildman–Crippen MR) is 191 cm³/mol. The van der Waals surface area contributed by atoms with E-state index in [9.17, 15) is 70.6 Å². The van der Waals surface area contributed by atoms with E-state index in [0.717, 1.165) is 13.8 Å². The topological polar surface area (TPSA) is 381 Å². The van der Waals surface area contributed by atoms with Crippen LogP contribution in [0.25, 0.3) is 0 Å². The summed E-state index contributed by atoms with van der Waals surface area (Å²) >= 11 is 0. The summed E-state index contributed by atoms with van der Waals surface area (Å²) in [6.45, 7) is -1.13. The zero-order chi connectivity index (χ0) is 44.4. The average molecular weight is 877 g/mol. The Morgan fingerprint density at radius 1 is 0.500 bits per heavy atom. The summed E-state index contributed by atoms with van der Waals surface area (Å²) in [5, 5.41) is 122. The van der Waals surface area contributed by atoms with Gasteiger partial charge in [-0.15, -0.1) is 0 Å². The number of hydrogen-bond donors (Lipinski definition) is 13. The Morgan fingerprint density at radius 2 is 0.950 bits per heavy atom. The van der Waals surface area contributed by atoms with Crippen molar-refractivity contribution in [2.75, 3.05) is 40.1 Å². The number of rotatable bonds is 19. The number of amides is 2. The van der Waals surface area contributed by atoms with Gasteiger partial charge in [0.05, 0.1) is 33.5 Å². The van der Waals surface area contributed by atoms with Gasteiger partial charge in [0.2, 0.25) is 11.8 Å². The minimum atomic E-state index is -2.04. The van der Waals surface area contributed by atoms with Crippen molar-refractivity contribution in [2.24, 2.45) is 0 Å². The second-order valence-corrected chi connectivity index (χ2v) is 14.8. The van der Waals surface area contributed by atoms with Crippen LogP contribution < -0.4 is 10.6 Å². The monoisotopic (exact) mass is 876 g/mol. The van der Waals surface area contributed by atoms with Crippen molar-refractivity contribution in [3.8, 4) is 0 Å². The third-order valence-corrected chi connectivity index (χ3v) is 10.5. The summed E-state index contributed by atoms with van der Waals surface area (Å²) in [5.74, 6) is -1.74. The summed E-state index contributed by atoms with van der Waals surface area (Å²) in [4.78, 5) is 35.9. The molecule has 60 heavy (non-hydrogen) atoms. The van der Waals surface area contributed by atoms with E-state index in [0.29, 0.717) is 19.3 Å². The van der Waals surface area contributed by atoms with Gasteiger partial charge in [-0.25, -0.2) is 0 Å². The Morgan fingerprint density at radius 3 is 1.45 bits per heavy atom. The summed E-state index contributed by atoms with van der Waals surface area (Å²) in [6.07, 6.45) is -29.2. The quantitative estimate of drug-likeness (QED) is 0.0423. The van der Waals surface area contributed by atoms with Crippen LogP contribution in [0.3, 0.4) is 0 Å². The fourth-order valence-corrected chi connectivity index (χ4v) is 7.33. The lowest BCUT2D eigenvalue weighted by Crippen LogP contribution is -2.70. The minimum absolute atomic E-state index is 0.0625. The number of carbonyl (C=O) groups excluding carboxylic acids is 3. The third-order valence-electron chi connectivity index (χ3n) is 10.5. The zero-order valence-corrected chi connectivity index (χ0v) is 33.2. The lowest BCUT2D eigenvalue weighted by atomic mass is 9.94. The van der Waals surface area contributed by atoms with E-state index in [1.807, 2.05) is 0 Å². The SMILES string of the molecule is COC(=O)CCCCCO[C@@H]1O[C@H](CO)[C@@H](O[C@@H]2O[C@H](CO)[C@H](O)[C@H](O[C@@H]3O[C@H](CO)[C@@H](O[C@@H]4O[C@H](CO)[C@H](O)[C@H](O)[C@H]4O)[C@H](O)[C@H]3NC(C)=O)[C@H]2O)[C@H](O)[C@H]1NC(C)=O. The van der Waals surface area contributed by atoms with E-state index in [4.69, 9.17) is 37.9 Å². The molecule has 4 rings (SSSR count). The van der Waals surface area contributed by atoms with Crippen LogP contribution in [0.1, 0.15) is 39.5 Å². The molecular formula is C35H60N2O23. The molecule has 4 saturated heterocycles. The van der Waals surface area contributed by atoms with E-state index in [1.165, 1.54) is 7.11 Å². The van der Waals surface area contributed by atoms with Crippen LogP contribution in [0.5, 0.6) is 0 Å². The molecule has 4 fully saturated rings. The largest absolute Gasteiger partial charge is 0.469 e. The minimum Gasteiger partial charge on any atom is -0.469 e. The standard InChI is InChI=1S/C35H60N2O23/c1-13(42)36-20-24(47)29(17(11-40)56-32(20)53-8-6-4-5-7-19(44)52-3)59-35-28(51)31(23(46)16(10-39)55-35)60-33-21(37-14(2)43)25(48)30(18(12-41)57-33)58-34-27(50)26(49)22(45)15(9-38)54-34/h15-18,20-35,38-41,45-51H,4-12H2,1-3H3,(H,36,42)(H,37,43)/t15-,16-,17-,18-,20-,21-,22+,23+,24-,25-,26+,27-,28-,29-,30-,31+,32-,33+,34+,35+/m1/s1. The number of ether oxygens (including phenoxy) is 9. The molecule has 0 saturated carbocycles. The first-order valence-corrected chi connectivity index (χ1v) is 19.5. The van der Waals surface area contributed by atoms with E-state index in [-0.39, 0.29) is 19.0 Å². The molecule has 0 aromatic carbocycles. The highest BCUT2D eigenvalue weighted by molar-refractivity contribution is 5.73. The van der Waals surface area contributed by atoms with Gasteiger partial charge in [0.25, 0.3) is 0 Å². The van der Waals surface area contributed by atoms with Crippen LogP contribution in [0.2, 0.25) is 0 Å². The van der Waals surface area contributed by atoms with Crippen molar-refractivity contribution >= 4 is 17.8 Å². The Hall–Kier alpha value is -2.35. The first-order chi connectivity index (χ1) is 28.5. The fourth-order valence-electron chi connectivity index (χ4n) is 7.33. The molecule has 25 heteroatoms. The number of carbonyl (C=O) groups is 3. The molecule has 0 unspecified atom stereocenters. The third kappa shape index (κ3) is 12.2. The van der Waals surface area contributed by atoms with Crippen LogP contribution in [-0.2, 0) is 57.0 Å². The Labute approximate surface area is 343 Å². The summed E-state index contributed by atoms with van der Waals surface area (Å²) in [7, 11) is 1.28. The molecule has 0 aromatic heterocycles. The molecule has 0 aliphatic carbocycles. The highest BCUT2D eigenvalue weighted by atomic mass is 16.8. The lowest BCUT2D eigenvalue weighted by Gasteiger charge is -2.50. The normalized spacial score (nSPS) is 42.3. The Bertz CT molecular complexity index is 1350. The van der Waals surface area contributed by atoms with Crippen LogP contribution in [0, 0.1) is 0 Å². The molecule has 4 heterocycles. The van der Waals surface area contributed by atoms with Crippen LogP contribution in [0.4, 0.5) is 0 Å². The molecule has 25 nitrogen and oxygen atoms in total. The molecule has 0 bridgehead atoms. The first kappa shape index (κ1) is 50.3. The number of methoxy groups -OCH3 is 1. The zero-order valence-electron chi connectivity index (χ0n) is 33.2. The van der Waals surface area contributed by atoms with Crippen LogP contribution >= 0.6 is 0 Å². The van der Waals surface area contributed by atoms with E-state index >= 15 is 0 Å². The number of hydrogen-bond acceptors (Lipinski definition) is 23. The van der Waals surface area contributed by atoms with Crippen molar-refractivity contribution in [1.29, 1.82) is 0 Å². The number of aliphatic hydroxyl groups excluding tert-OH is 11. The van der Waals surface area contributed by atoms with Crippen LogP contribution in [0.15, 0.2) is 0 Å². The highest BCUT2D eigenvalue weighted by Crippen LogP contribution is 2.34. The van der Waals surface area contributed by atoms with E-state index in [1.54, 1.807) is 0 Å². The molecule has 4 aliphatic heterocycles. The van der Waals surface area contributed by atoms with Crippen molar-refractivity contribution in [3.05, 3.63) is 0 Å². The molecular weight excluding hydrogens is 816 g/mol. The molecule has 0 aromatic rings. The molecule has 0 spiro atoms. The van der Waals surface area contributed by atoms with E-state index in [2.05, 4.69) is 15.4 Å². The number of esters is 1. The number of aliphatic hydroxyl groups is 11. The van der Waals surface area contributed by atoms with Crippen molar-refractivity contribution in [3.63, 3.8) is 0 Å². The van der Waals surface area contributed by atoms with E-state index < -0.39 is 161 Å². The Balaban J connectivity index is 1.51. The smallest absolute Gasteiger partial charge is 0.305 e. The second-order valence-electron chi connectivity index (χ2n) is 14.8. The molecule has 2 amide bonds. The van der Waals surface area contributed by atoms with Crippen molar-refractivity contribution in [2.45, 2.75) is 162 Å². The summed E-state index contributed by atoms with van der Waals surface area (Å²) in [5.41, 5.74) is 0. The van der Waals surface area contributed by atoms with Gasteiger partial charge in [0.15, 0.2) is 25.2 Å². The number of unbranched alkanes of at least 4 members (excludes halogenated alkanes) is 2. The first-order valence-electron chi connectivity index (χ1n) is 19.5. The van der Waals surface area contributed by atoms with Gasteiger partial charge >= 0.3 is 5.97 Å². The molecule has 20 atom stereocenters. The van der Waals surface area contributed by atoms with Gasteiger partial charge in [-0.3, -0.25) is 14.4 Å². The molecule has 13 N–H and O–H groups in total. The second kappa shape index (κ2) is 23.4. The van der Waals surface area contributed by atoms with Gasteiger partial charge in [0.1, 0.15) is 97.5 Å². The highest BCUT2D eigenvalue weighted by Gasteiger charge is 2.56. The maximum Gasteiger partial charge on any atom is 0.305 e. The molecule has 4 aliphatic rings. The van der Waals surface area contributed by atoms with Gasteiger partial charge in [-0.2, -0.15) is 0 Å². The maximum absolute atomic E-state index is 12.3. The van der Waals surface area contributed by atoms with Gasteiger partial charge in [-0.1, -0.05) is 6.42 Å². The summed E-state index contributed by atoms with van der Waals surface area (Å²) in [6, 6.07) is -2.94. The molecule has 348 valence electrons. The van der Waals surface area contributed by atoms with Crippen molar-refractivity contribution < 1.29 is 113 Å². The van der Waals surface area contributed by atoms with Crippen LogP contribution in [-0.4, -0.2) is 237 Å². The van der Waals surface area contributed by atoms with Gasteiger partial charge in [-0.05, 0) is 12.8 Å². The Kier molecular flexibility index (Phi) is 19.6. The van der Waals surface area contributed by atoms with Gasteiger partial charge < -0.3 is 109 Å². The average Bonchev–Trinajstić information content (AvgIpc) is 3.22. The predicted octanol–water partition coefficient (Wildman–Crippen LogP) is -7.70. The number of nitrogens with one attached hydrogen (secondary N) is 2. The maximum atomic E-state index is 12.3. The van der Waals surface area contributed by atoms with Crippen molar-refractivity contribution in [1.82, 2.24) is 10.6 Å². The van der Waals surface area contributed by atoms with Gasteiger partial charge in [0, 0.05) is 26.9 Å².